The van der Waals surface area contributed by atoms with E-state index in [1.54, 1.807) is 0 Å². The normalized spacial score (nSPS) is 15.1. The van der Waals surface area contributed by atoms with Crippen LogP contribution in [0.25, 0.3) is 0 Å². The lowest BCUT2D eigenvalue weighted by Crippen LogP contribution is -2.30. The molecule has 0 fully saturated rings. The smallest absolute Gasteiger partial charge is 0.463 e. The van der Waals surface area contributed by atoms with Gasteiger partial charge in [-0.2, -0.15) is 0 Å². The van der Waals surface area contributed by atoms with Gasteiger partial charge < -0.3 is 34.2 Å². The maximum atomic E-state index is 12.9. The Morgan fingerprint density at radius 3 is 0.842 bits per heavy atom. The minimum absolute atomic E-state index is 0.0617. The molecule has 0 bridgehead atoms. The summed E-state index contributed by atoms with van der Waals surface area (Å²) >= 11 is 0. The average Bonchev–Trinajstić information content (AvgIpc) is 2.05. The van der Waals surface area contributed by atoms with Gasteiger partial charge in [-0.1, -0.05) is 242 Å². The number of allylic oxidation sites excluding steroid dienone is 28. The number of esters is 3. The molecule has 5 atom stereocenters. The van der Waals surface area contributed by atoms with Crippen molar-refractivity contribution in [2.75, 3.05) is 39.6 Å². The quantitative estimate of drug-likeness (QED) is 0.0146. The van der Waals surface area contributed by atoms with E-state index in [0.29, 0.717) is 19.3 Å². The van der Waals surface area contributed by atoms with Crippen LogP contribution in [-0.4, -0.2) is 95.9 Å². The molecule has 18 heteroatoms. The first-order valence-electron chi connectivity index (χ1n) is 35.4. The van der Waals surface area contributed by atoms with E-state index in [9.17, 15) is 43.5 Å². The lowest BCUT2D eigenvalue weighted by molar-refractivity contribution is -0.161. The summed E-state index contributed by atoms with van der Waals surface area (Å²) in [6, 6.07) is 0. The van der Waals surface area contributed by atoms with Crippen LogP contribution >= 0.6 is 15.6 Å². The van der Waals surface area contributed by atoms with Crippen LogP contribution in [0.2, 0.25) is 0 Å². The van der Waals surface area contributed by atoms with Crippen LogP contribution in [0.3, 0.4) is 0 Å². The van der Waals surface area contributed by atoms with Crippen molar-refractivity contribution in [2.24, 2.45) is 0 Å². The van der Waals surface area contributed by atoms with Gasteiger partial charge in [-0.25, -0.2) is 9.13 Å². The predicted octanol–water partition coefficient (Wildman–Crippen LogP) is 20.1. The summed E-state index contributed by atoms with van der Waals surface area (Å²) in [7, 11) is -9.82. The number of hydrogen-bond donors (Lipinski definition) is 4. The highest BCUT2D eigenvalue weighted by atomic mass is 31.2. The molecule has 0 saturated heterocycles. The Kier molecular flexibility index (Phi) is 65.1. The van der Waals surface area contributed by atoms with Gasteiger partial charge in [0.1, 0.15) is 25.4 Å². The SMILES string of the molecule is CC/C=C\C/C=C\C/C=C\C/C=C\C/C=C\CCCCCCCCCC(=O)OCC(O)COP(=O)(O)OCC(O)COP(=O)(O)OCC(COC(=O)CCCCC/C=C\C/C=C\C/C=C\C/C=C\C/C=C\CC)OC(=O)CCCCCC/C=C\C/C=C\C/C=C\C/C=C\CC. The van der Waals surface area contributed by atoms with Crippen molar-refractivity contribution in [3.63, 3.8) is 0 Å². The van der Waals surface area contributed by atoms with Crippen molar-refractivity contribution < 1.29 is 75.8 Å². The molecule has 5 unspecified atom stereocenters. The number of phosphoric ester groups is 2. The molecule has 0 heterocycles. The molecule has 0 aromatic heterocycles. The second-order valence-corrected chi connectivity index (χ2v) is 25.8. The van der Waals surface area contributed by atoms with E-state index in [2.05, 4.69) is 191 Å². The lowest BCUT2D eigenvalue weighted by atomic mass is 10.1. The maximum Gasteiger partial charge on any atom is 0.472 e. The molecule has 95 heavy (non-hydrogen) atoms. The molecule has 0 rings (SSSR count). The fourth-order valence-corrected chi connectivity index (χ4v) is 10.2. The number of carbonyl (C=O) groups is 3. The number of phosphoric acid groups is 2. The van der Waals surface area contributed by atoms with Crippen molar-refractivity contribution in [1.29, 1.82) is 0 Å². The summed E-state index contributed by atoms with van der Waals surface area (Å²) in [6.45, 7) is 2.22. The van der Waals surface area contributed by atoms with Gasteiger partial charge in [-0.05, 0) is 148 Å². The molecule has 4 N–H and O–H groups in total. The second-order valence-electron chi connectivity index (χ2n) is 22.9. The van der Waals surface area contributed by atoms with Crippen molar-refractivity contribution in [1.82, 2.24) is 0 Å². The molecular weight excluding hydrogens is 1240 g/mol. The molecule has 0 aromatic rings. The first kappa shape index (κ1) is 89.9. The van der Waals surface area contributed by atoms with Crippen molar-refractivity contribution in [2.45, 2.75) is 257 Å². The van der Waals surface area contributed by atoms with Crippen LogP contribution in [0.15, 0.2) is 170 Å². The highest BCUT2D eigenvalue weighted by molar-refractivity contribution is 7.47. The highest BCUT2D eigenvalue weighted by Crippen LogP contribution is 2.45. The standard InChI is InChI=1S/C77H124O16P2/c1-4-7-10-13-16-19-22-25-28-31-33-34-35-36-38-41-42-45-48-51-54-57-60-63-75(80)87-66-72(78)67-89-94(83,84)90-68-73(79)69-91-95(85,86)92-71-74(93-77(82)65-62-59-56-53-50-47-44-39-30-27-24-21-18-15-12-9-6-3)70-88-76(81)64-61-58-55-52-49-46-43-40-37-32-29-26-23-20-17-14-11-8-5-2/h7-12,16-21,25-30,33-34,36-38,40,44,46-47,49,72-74,78-79H,4-6,13-15,22-24,31-32,35,39,41-43,45,48,50-71H2,1-3H3,(H,83,84)(H,85,86)/b10-7-,11-8-,12-9-,19-16-,20-17-,21-18-,28-25-,29-26-,30-27-,34-33-,38-36-,40-37-,47-44-,49-46-. The maximum absolute atomic E-state index is 12.9. The van der Waals surface area contributed by atoms with E-state index in [-0.39, 0.29) is 19.3 Å². The minimum Gasteiger partial charge on any atom is -0.463 e. The summed E-state index contributed by atoms with van der Waals surface area (Å²) < 4.78 is 60.9. The first-order chi connectivity index (χ1) is 46.2. The van der Waals surface area contributed by atoms with E-state index in [0.717, 1.165) is 180 Å². The Morgan fingerprint density at radius 1 is 0.295 bits per heavy atom. The van der Waals surface area contributed by atoms with Crippen LogP contribution in [-0.2, 0) is 55.8 Å². The van der Waals surface area contributed by atoms with Gasteiger partial charge in [-0.3, -0.25) is 32.5 Å². The van der Waals surface area contributed by atoms with Crippen LogP contribution < -0.4 is 0 Å². The van der Waals surface area contributed by atoms with Gasteiger partial charge in [0, 0.05) is 19.3 Å². The van der Waals surface area contributed by atoms with Gasteiger partial charge in [0.05, 0.1) is 26.4 Å². The molecule has 16 nitrogen and oxygen atoms in total. The summed E-state index contributed by atoms with van der Waals surface area (Å²) in [6.07, 6.45) is 85.4. The molecule has 0 aromatic carbocycles. The molecule has 0 aliphatic carbocycles. The highest BCUT2D eigenvalue weighted by Gasteiger charge is 2.29. The van der Waals surface area contributed by atoms with Crippen molar-refractivity contribution in [3.8, 4) is 0 Å². The van der Waals surface area contributed by atoms with Crippen LogP contribution in [0, 0.1) is 0 Å². The molecule has 538 valence electrons. The Bertz CT molecular complexity index is 2410. The third-order valence-electron chi connectivity index (χ3n) is 13.9. The van der Waals surface area contributed by atoms with E-state index >= 15 is 0 Å². The molecule has 0 aliphatic heterocycles. The lowest BCUT2D eigenvalue weighted by Gasteiger charge is -2.21. The molecular formula is C77H124O16P2. The molecule has 0 saturated carbocycles. The predicted molar refractivity (Wildman–Crippen MR) is 389 cm³/mol. The van der Waals surface area contributed by atoms with Gasteiger partial charge in [0.15, 0.2) is 6.10 Å². The summed E-state index contributed by atoms with van der Waals surface area (Å²) in [5.41, 5.74) is 0. The van der Waals surface area contributed by atoms with E-state index < -0.39 is 91.5 Å². The number of rotatable bonds is 65. The minimum atomic E-state index is -4.95. The largest absolute Gasteiger partial charge is 0.472 e. The monoisotopic (exact) mass is 1370 g/mol. The number of aliphatic hydroxyl groups is 2. The zero-order valence-corrected chi connectivity index (χ0v) is 60.1. The number of unbranched alkanes of at least 4 members (excludes halogenated alkanes) is 14. The topological polar surface area (TPSA) is 231 Å². The van der Waals surface area contributed by atoms with Gasteiger partial charge >= 0.3 is 33.6 Å². The molecule has 0 amide bonds. The summed E-state index contributed by atoms with van der Waals surface area (Å²) in [5.74, 6) is -1.67. The molecule has 0 radical (unpaired) electrons. The van der Waals surface area contributed by atoms with Crippen molar-refractivity contribution in [3.05, 3.63) is 170 Å². The van der Waals surface area contributed by atoms with E-state index in [4.69, 9.17) is 32.3 Å². The zero-order chi connectivity index (χ0) is 69.5. The van der Waals surface area contributed by atoms with Crippen LogP contribution in [0.4, 0.5) is 0 Å². The molecule has 0 aliphatic rings. The second kappa shape index (κ2) is 68.8. The Morgan fingerprint density at radius 2 is 0.526 bits per heavy atom. The summed E-state index contributed by atoms with van der Waals surface area (Å²) in [4.78, 5) is 58.5. The Balaban J connectivity index is 4.74. The third-order valence-corrected chi connectivity index (χ3v) is 15.8. The average molecular weight is 1370 g/mol. The first-order valence-corrected chi connectivity index (χ1v) is 38.4. The van der Waals surface area contributed by atoms with Crippen molar-refractivity contribution >= 4 is 33.6 Å². The van der Waals surface area contributed by atoms with Gasteiger partial charge in [0.25, 0.3) is 0 Å². The van der Waals surface area contributed by atoms with E-state index in [1.165, 1.54) is 0 Å². The van der Waals surface area contributed by atoms with Crippen LogP contribution in [0.5, 0.6) is 0 Å². The number of ether oxygens (including phenoxy) is 3. The number of carbonyl (C=O) groups excluding carboxylic acids is 3. The Labute approximate surface area is 573 Å². The van der Waals surface area contributed by atoms with E-state index in [1.807, 2.05) is 0 Å². The fourth-order valence-electron chi connectivity index (χ4n) is 8.61. The van der Waals surface area contributed by atoms with Gasteiger partial charge in [-0.15, -0.1) is 0 Å². The van der Waals surface area contributed by atoms with Gasteiger partial charge in [0.2, 0.25) is 0 Å². The summed E-state index contributed by atoms with van der Waals surface area (Å²) in [5, 5.41) is 20.6. The zero-order valence-electron chi connectivity index (χ0n) is 58.3. The van der Waals surface area contributed by atoms with Crippen LogP contribution in [0.1, 0.15) is 239 Å². The number of aliphatic hydroxyl groups excluding tert-OH is 2. The fraction of sp³-hybridized carbons (Fsp3) is 0.597. The molecule has 0 spiro atoms. The Hall–Kier alpha value is -5.09. The third kappa shape index (κ3) is 70.1. The number of hydrogen-bond acceptors (Lipinski definition) is 14.